The Morgan fingerprint density at radius 1 is 1.42 bits per heavy atom. The Hall–Kier alpha value is -2.96. The van der Waals surface area contributed by atoms with Gasteiger partial charge in [0.15, 0.2) is 0 Å². The highest BCUT2D eigenvalue weighted by Crippen LogP contribution is 2.39. The van der Waals surface area contributed by atoms with Crippen molar-refractivity contribution in [3.05, 3.63) is 46.1 Å². The van der Waals surface area contributed by atoms with Crippen LogP contribution in [0, 0.1) is 17.2 Å². The zero-order chi connectivity index (χ0) is 23.2. The zero-order valence-electron chi connectivity index (χ0n) is 18.7. The number of hydrogen-bond acceptors (Lipinski definition) is 7. The molecular weight excluding hydrogens is 440 g/mol. The van der Waals surface area contributed by atoms with Crippen molar-refractivity contribution in [1.29, 1.82) is 5.26 Å². The number of rotatable bonds is 6. The molecule has 1 N–H and O–H groups in total. The number of ether oxygens (including phenoxy) is 2. The van der Waals surface area contributed by atoms with E-state index in [2.05, 4.69) is 16.4 Å². The fourth-order valence-electron chi connectivity index (χ4n) is 4.27. The van der Waals surface area contributed by atoms with Crippen LogP contribution in [0.3, 0.4) is 0 Å². The van der Waals surface area contributed by atoms with Crippen molar-refractivity contribution in [1.82, 2.24) is 9.88 Å². The number of aromatic nitrogens is 1. The van der Waals surface area contributed by atoms with Gasteiger partial charge in [0.2, 0.25) is 5.91 Å². The van der Waals surface area contributed by atoms with Gasteiger partial charge in [0, 0.05) is 36.8 Å². The van der Waals surface area contributed by atoms with Crippen LogP contribution in [0.2, 0.25) is 0 Å². The number of thiophene rings is 1. The van der Waals surface area contributed by atoms with E-state index >= 15 is 0 Å². The maximum Gasteiger partial charge on any atom is 0.409 e. The Labute approximate surface area is 197 Å². The molecule has 0 spiro atoms. The summed E-state index contributed by atoms with van der Waals surface area (Å²) in [7, 11) is 0. The summed E-state index contributed by atoms with van der Waals surface area (Å²) in [5.41, 5.74) is 2.60. The van der Waals surface area contributed by atoms with Gasteiger partial charge in [-0.1, -0.05) is 13.0 Å². The summed E-state index contributed by atoms with van der Waals surface area (Å²) in [6, 6.07) is 6.10. The first-order chi connectivity index (χ1) is 16.0. The molecule has 2 aromatic rings. The summed E-state index contributed by atoms with van der Waals surface area (Å²) >= 11 is 1.47. The number of carbonyl (C=O) groups excluding carboxylic acids is 2. The highest BCUT2D eigenvalue weighted by molar-refractivity contribution is 7.16. The largest absolute Gasteiger partial charge is 0.449 e. The monoisotopic (exact) mass is 468 g/mol. The van der Waals surface area contributed by atoms with E-state index in [1.807, 2.05) is 19.1 Å². The van der Waals surface area contributed by atoms with Gasteiger partial charge in [-0.3, -0.25) is 9.78 Å². The summed E-state index contributed by atoms with van der Waals surface area (Å²) in [6.45, 7) is 4.57. The van der Waals surface area contributed by atoms with Crippen LogP contribution in [0.5, 0.6) is 0 Å². The number of pyridine rings is 1. The van der Waals surface area contributed by atoms with E-state index in [-0.39, 0.29) is 23.8 Å². The Bertz CT molecular complexity index is 1030. The number of amides is 2. The quantitative estimate of drug-likeness (QED) is 0.693. The third-order valence-electron chi connectivity index (χ3n) is 6.19. The summed E-state index contributed by atoms with van der Waals surface area (Å²) in [5, 5.41) is 13.3. The Morgan fingerprint density at radius 3 is 2.97 bits per heavy atom. The minimum atomic E-state index is -0.288. The second-order valence-corrected chi connectivity index (χ2v) is 9.65. The number of morpholine rings is 1. The van der Waals surface area contributed by atoms with Crippen molar-refractivity contribution in [2.45, 2.75) is 38.5 Å². The molecule has 0 aromatic carbocycles. The fourth-order valence-corrected chi connectivity index (χ4v) is 5.60. The lowest BCUT2D eigenvalue weighted by Gasteiger charge is -2.27. The predicted molar refractivity (Wildman–Crippen MR) is 124 cm³/mol. The van der Waals surface area contributed by atoms with Gasteiger partial charge in [-0.25, -0.2) is 4.79 Å². The van der Waals surface area contributed by atoms with Crippen molar-refractivity contribution in [2.24, 2.45) is 5.92 Å². The van der Waals surface area contributed by atoms with Gasteiger partial charge >= 0.3 is 6.09 Å². The van der Waals surface area contributed by atoms with Crippen LogP contribution in [0.4, 0.5) is 9.80 Å². The Morgan fingerprint density at radius 2 is 2.24 bits per heavy atom. The summed E-state index contributed by atoms with van der Waals surface area (Å²) in [4.78, 5) is 31.8. The second-order valence-electron chi connectivity index (χ2n) is 8.54. The van der Waals surface area contributed by atoms with E-state index in [1.54, 1.807) is 17.3 Å². The van der Waals surface area contributed by atoms with Gasteiger partial charge in [0.25, 0.3) is 0 Å². The van der Waals surface area contributed by atoms with Crippen molar-refractivity contribution in [2.75, 3.05) is 38.2 Å². The van der Waals surface area contributed by atoms with Gasteiger partial charge in [-0.2, -0.15) is 5.26 Å². The lowest BCUT2D eigenvalue weighted by atomic mass is 9.88. The van der Waals surface area contributed by atoms with E-state index in [0.29, 0.717) is 49.9 Å². The SMILES string of the molecule is CC(CC(=O)Nc1sc2c(c1C#N)CCC(COC(=O)N1CCOCC1)C2)c1cccnc1. The fraction of sp³-hybridized carbons (Fsp3) is 0.500. The topological polar surface area (TPSA) is 105 Å². The van der Waals surface area contributed by atoms with Crippen LogP contribution in [-0.4, -0.2) is 54.8 Å². The van der Waals surface area contributed by atoms with Gasteiger partial charge in [0.1, 0.15) is 11.1 Å². The van der Waals surface area contributed by atoms with Crippen LogP contribution >= 0.6 is 11.3 Å². The van der Waals surface area contributed by atoms with E-state index in [4.69, 9.17) is 9.47 Å². The zero-order valence-corrected chi connectivity index (χ0v) is 19.5. The maximum absolute atomic E-state index is 12.7. The molecule has 0 radical (unpaired) electrons. The van der Waals surface area contributed by atoms with Crippen LogP contribution in [-0.2, 0) is 27.1 Å². The minimum absolute atomic E-state index is 0.0318. The molecule has 1 fully saturated rings. The first-order valence-electron chi connectivity index (χ1n) is 11.3. The first-order valence-corrected chi connectivity index (χ1v) is 12.1. The molecule has 2 unspecified atom stereocenters. The minimum Gasteiger partial charge on any atom is -0.449 e. The standard InChI is InChI=1S/C24H28N4O4S/c1-16(18-3-2-6-26-14-18)11-22(29)27-23-20(13-25)19-5-4-17(12-21(19)33-23)15-32-24(30)28-7-9-31-10-8-28/h2-3,6,14,16-17H,4-5,7-12,15H2,1H3,(H,27,29). The molecule has 2 aromatic heterocycles. The molecule has 2 aliphatic rings. The van der Waals surface area contributed by atoms with Crippen LogP contribution in [0.25, 0.3) is 0 Å². The molecule has 1 aliphatic heterocycles. The molecule has 3 heterocycles. The summed E-state index contributed by atoms with van der Waals surface area (Å²) < 4.78 is 10.8. The van der Waals surface area contributed by atoms with Crippen LogP contribution in [0.15, 0.2) is 24.5 Å². The van der Waals surface area contributed by atoms with Crippen LogP contribution in [0.1, 0.15) is 47.3 Å². The predicted octanol–water partition coefficient (Wildman–Crippen LogP) is 3.72. The second kappa shape index (κ2) is 10.8. The normalized spacial score (nSPS) is 18.7. The maximum atomic E-state index is 12.7. The number of anilines is 1. The molecular formula is C24H28N4O4S. The van der Waals surface area contributed by atoms with Gasteiger partial charge in [-0.15, -0.1) is 11.3 Å². The highest BCUT2D eigenvalue weighted by Gasteiger charge is 2.28. The van der Waals surface area contributed by atoms with Crippen LogP contribution < -0.4 is 5.32 Å². The molecule has 4 rings (SSSR count). The smallest absolute Gasteiger partial charge is 0.409 e. The molecule has 9 heteroatoms. The average Bonchev–Trinajstić information content (AvgIpc) is 3.19. The van der Waals surface area contributed by atoms with E-state index in [9.17, 15) is 14.9 Å². The molecule has 0 bridgehead atoms. The molecule has 2 atom stereocenters. The lowest BCUT2D eigenvalue weighted by molar-refractivity contribution is -0.116. The number of hydrogen-bond donors (Lipinski definition) is 1. The molecule has 0 saturated carbocycles. The Balaban J connectivity index is 1.34. The van der Waals surface area contributed by atoms with E-state index in [0.717, 1.165) is 35.3 Å². The molecule has 1 saturated heterocycles. The first kappa shape index (κ1) is 23.2. The third kappa shape index (κ3) is 5.70. The van der Waals surface area contributed by atoms with E-state index in [1.165, 1.54) is 11.3 Å². The molecule has 33 heavy (non-hydrogen) atoms. The number of fused-ring (bicyclic) bond motifs is 1. The number of nitrogens with one attached hydrogen (secondary N) is 1. The summed E-state index contributed by atoms with van der Waals surface area (Å²) in [6.07, 6.45) is 5.85. The van der Waals surface area contributed by atoms with Crippen molar-refractivity contribution >= 4 is 28.3 Å². The molecule has 8 nitrogen and oxygen atoms in total. The van der Waals surface area contributed by atoms with Gasteiger partial charge < -0.3 is 19.7 Å². The van der Waals surface area contributed by atoms with Gasteiger partial charge in [0.05, 0.1) is 25.4 Å². The Kier molecular flexibility index (Phi) is 7.57. The van der Waals surface area contributed by atoms with Crippen molar-refractivity contribution in [3.63, 3.8) is 0 Å². The van der Waals surface area contributed by atoms with Gasteiger partial charge in [-0.05, 0) is 48.3 Å². The van der Waals surface area contributed by atoms with E-state index < -0.39 is 0 Å². The van der Waals surface area contributed by atoms with Crippen molar-refractivity contribution in [3.8, 4) is 6.07 Å². The third-order valence-corrected chi connectivity index (χ3v) is 7.36. The number of nitriles is 1. The molecule has 2 amide bonds. The lowest BCUT2D eigenvalue weighted by Crippen LogP contribution is -2.41. The van der Waals surface area contributed by atoms with Crippen molar-refractivity contribution < 1.29 is 19.1 Å². The number of carbonyl (C=O) groups is 2. The number of nitrogens with zero attached hydrogens (tertiary/aromatic N) is 3. The molecule has 174 valence electrons. The highest BCUT2D eigenvalue weighted by atomic mass is 32.1. The summed E-state index contributed by atoms with van der Waals surface area (Å²) in [5.74, 6) is 0.128. The average molecular weight is 469 g/mol. The molecule has 1 aliphatic carbocycles.